The summed E-state index contributed by atoms with van der Waals surface area (Å²) in [7, 11) is 0. The van der Waals surface area contributed by atoms with Crippen molar-refractivity contribution in [3.05, 3.63) is 35.4 Å². The SMILES string of the molecule is CSCc1cccc(CNC(=O)[C@H]2CCO[C@H]2C)c1. The van der Waals surface area contributed by atoms with E-state index in [2.05, 4.69) is 29.8 Å². The molecule has 0 aliphatic carbocycles. The number of benzene rings is 1. The molecule has 2 atom stereocenters. The Balaban J connectivity index is 1.87. The molecule has 0 saturated carbocycles. The smallest absolute Gasteiger partial charge is 0.226 e. The molecule has 1 aliphatic heterocycles. The van der Waals surface area contributed by atoms with E-state index in [4.69, 9.17) is 4.74 Å². The van der Waals surface area contributed by atoms with Crippen molar-refractivity contribution in [2.24, 2.45) is 5.92 Å². The normalized spacial score (nSPS) is 22.4. The van der Waals surface area contributed by atoms with Crippen LogP contribution in [0.1, 0.15) is 24.5 Å². The lowest BCUT2D eigenvalue weighted by Gasteiger charge is -2.14. The molecule has 19 heavy (non-hydrogen) atoms. The first-order chi connectivity index (χ1) is 9.20. The van der Waals surface area contributed by atoms with Crippen LogP contribution in [-0.2, 0) is 21.8 Å². The summed E-state index contributed by atoms with van der Waals surface area (Å²) in [4.78, 5) is 12.0. The molecule has 1 saturated heterocycles. The summed E-state index contributed by atoms with van der Waals surface area (Å²) < 4.78 is 5.43. The predicted molar refractivity (Wildman–Crippen MR) is 79.0 cm³/mol. The molecule has 1 aromatic rings. The molecule has 1 N–H and O–H groups in total. The van der Waals surface area contributed by atoms with E-state index in [0.29, 0.717) is 13.2 Å². The Morgan fingerprint density at radius 2 is 2.26 bits per heavy atom. The largest absolute Gasteiger partial charge is 0.378 e. The Bertz CT molecular complexity index is 436. The number of rotatable bonds is 5. The first-order valence-electron chi connectivity index (χ1n) is 6.67. The average Bonchev–Trinajstić information content (AvgIpc) is 2.83. The van der Waals surface area contributed by atoms with Gasteiger partial charge in [-0.1, -0.05) is 24.3 Å². The van der Waals surface area contributed by atoms with Crippen LogP contribution in [0.25, 0.3) is 0 Å². The molecule has 3 nitrogen and oxygen atoms in total. The highest BCUT2D eigenvalue weighted by Gasteiger charge is 2.30. The number of ether oxygens (including phenoxy) is 1. The Hall–Kier alpha value is -1.00. The number of nitrogens with one attached hydrogen (secondary N) is 1. The van der Waals surface area contributed by atoms with Crippen molar-refractivity contribution in [1.29, 1.82) is 0 Å². The lowest BCUT2D eigenvalue weighted by molar-refractivity contribution is -0.126. The van der Waals surface area contributed by atoms with Gasteiger partial charge in [-0.3, -0.25) is 4.79 Å². The van der Waals surface area contributed by atoms with Crippen LogP contribution >= 0.6 is 11.8 Å². The van der Waals surface area contributed by atoms with Gasteiger partial charge in [0.15, 0.2) is 0 Å². The van der Waals surface area contributed by atoms with E-state index in [0.717, 1.165) is 17.7 Å². The number of hydrogen-bond donors (Lipinski definition) is 1. The maximum absolute atomic E-state index is 12.0. The van der Waals surface area contributed by atoms with Crippen LogP contribution in [0.2, 0.25) is 0 Å². The number of amides is 1. The highest BCUT2D eigenvalue weighted by Crippen LogP contribution is 2.20. The number of carbonyl (C=O) groups is 1. The monoisotopic (exact) mass is 279 g/mol. The van der Waals surface area contributed by atoms with E-state index in [1.165, 1.54) is 5.56 Å². The molecule has 0 unspecified atom stereocenters. The summed E-state index contributed by atoms with van der Waals surface area (Å²) in [5.41, 5.74) is 2.46. The molecule has 1 aromatic carbocycles. The van der Waals surface area contributed by atoms with Crippen molar-refractivity contribution in [3.63, 3.8) is 0 Å². The highest BCUT2D eigenvalue weighted by molar-refractivity contribution is 7.97. The molecule has 2 rings (SSSR count). The van der Waals surface area contributed by atoms with Gasteiger partial charge in [-0.25, -0.2) is 0 Å². The summed E-state index contributed by atoms with van der Waals surface area (Å²) in [6.07, 6.45) is 2.97. The van der Waals surface area contributed by atoms with Crippen LogP contribution in [0.15, 0.2) is 24.3 Å². The summed E-state index contributed by atoms with van der Waals surface area (Å²) in [5.74, 6) is 1.13. The molecular weight excluding hydrogens is 258 g/mol. The fraction of sp³-hybridized carbons (Fsp3) is 0.533. The van der Waals surface area contributed by atoms with Crippen molar-refractivity contribution >= 4 is 17.7 Å². The molecule has 0 bridgehead atoms. The third-order valence-corrected chi connectivity index (χ3v) is 4.10. The molecule has 1 amide bonds. The lowest BCUT2D eigenvalue weighted by Crippen LogP contribution is -2.33. The predicted octanol–water partition coefficient (Wildman–Crippen LogP) is 2.59. The quantitative estimate of drug-likeness (QED) is 0.900. The van der Waals surface area contributed by atoms with Gasteiger partial charge in [-0.15, -0.1) is 0 Å². The minimum Gasteiger partial charge on any atom is -0.378 e. The molecule has 0 radical (unpaired) electrons. The van der Waals surface area contributed by atoms with E-state index in [9.17, 15) is 4.79 Å². The van der Waals surface area contributed by atoms with Crippen LogP contribution in [0, 0.1) is 5.92 Å². The lowest BCUT2D eigenvalue weighted by atomic mass is 10.0. The van der Waals surface area contributed by atoms with Crippen molar-refractivity contribution in [1.82, 2.24) is 5.32 Å². The first-order valence-corrected chi connectivity index (χ1v) is 8.06. The fourth-order valence-corrected chi connectivity index (χ4v) is 2.91. The second-order valence-corrected chi connectivity index (χ2v) is 5.81. The van der Waals surface area contributed by atoms with E-state index in [1.807, 2.05) is 13.0 Å². The third kappa shape index (κ3) is 3.98. The molecule has 4 heteroatoms. The summed E-state index contributed by atoms with van der Waals surface area (Å²) >= 11 is 1.80. The van der Waals surface area contributed by atoms with Crippen LogP contribution in [0.5, 0.6) is 0 Å². The molecule has 0 aromatic heterocycles. The van der Waals surface area contributed by atoms with Crippen molar-refractivity contribution in [3.8, 4) is 0 Å². The van der Waals surface area contributed by atoms with Gasteiger partial charge >= 0.3 is 0 Å². The van der Waals surface area contributed by atoms with Crippen molar-refractivity contribution < 1.29 is 9.53 Å². The third-order valence-electron chi connectivity index (χ3n) is 3.48. The van der Waals surface area contributed by atoms with Crippen LogP contribution < -0.4 is 5.32 Å². The van der Waals surface area contributed by atoms with Gasteiger partial charge in [0.25, 0.3) is 0 Å². The van der Waals surface area contributed by atoms with Crippen molar-refractivity contribution in [2.75, 3.05) is 12.9 Å². The first kappa shape index (κ1) is 14.4. The molecule has 1 heterocycles. The average molecular weight is 279 g/mol. The van der Waals surface area contributed by atoms with E-state index >= 15 is 0 Å². The van der Waals surface area contributed by atoms with Crippen LogP contribution in [0.4, 0.5) is 0 Å². The zero-order chi connectivity index (χ0) is 13.7. The van der Waals surface area contributed by atoms with E-state index in [1.54, 1.807) is 11.8 Å². The molecule has 104 valence electrons. The summed E-state index contributed by atoms with van der Waals surface area (Å²) in [6, 6.07) is 8.38. The molecule has 1 aliphatic rings. The molecule has 0 spiro atoms. The van der Waals surface area contributed by atoms with Gasteiger partial charge < -0.3 is 10.1 Å². The van der Waals surface area contributed by atoms with Crippen LogP contribution in [0.3, 0.4) is 0 Å². The number of thioether (sulfide) groups is 1. The highest BCUT2D eigenvalue weighted by atomic mass is 32.2. The standard InChI is InChI=1S/C15H21NO2S/c1-11-14(6-7-18-11)15(17)16-9-12-4-3-5-13(8-12)10-19-2/h3-5,8,11,14H,6-7,9-10H2,1-2H3,(H,16,17)/t11-,14-/m0/s1. The molecule has 1 fully saturated rings. The number of hydrogen-bond acceptors (Lipinski definition) is 3. The molecular formula is C15H21NO2S. The van der Waals surface area contributed by atoms with E-state index in [-0.39, 0.29) is 17.9 Å². The Morgan fingerprint density at radius 1 is 1.47 bits per heavy atom. The Kier molecular flexibility index (Phi) is 5.28. The van der Waals surface area contributed by atoms with Gasteiger partial charge in [0.1, 0.15) is 0 Å². The zero-order valence-electron chi connectivity index (χ0n) is 11.5. The Morgan fingerprint density at radius 3 is 2.95 bits per heavy atom. The minimum absolute atomic E-state index is 0.00869. The van der Waals surface area contributed by atoms with Gasteiger partial charge in [-0.2, -0.15) is 11.8 Å². The van der Waals surface area contributed by atoms with Crippen molar-refractivity contribution in [2.45, 2.75) is 31.7 Å². The van der Waals surface area contributed by atoms with Gasteiger partial charge in [0.2, 0.25) is 5.91 Å². The van der Waals surface area contributed by atoms with Gasteiger partial charge in [0, 0.05) is 18.9 Å². The van der Waals surface area contributed by atoms with Gasteiger partial charge in [-0.05, 0) is 30.7 Å². The number of carbonyl (C=O) groups excluding carboxylic acids is 1. The van der Waals surface area contributed by atoms with Crippen LogP contribution in [-0.4, -0.2) is 24.9 Å². The van der Waals surface area contributed by atoms with Gasteiger partial charge in [0.05, 0.1) is 12.0 Å². The zero-order valence-corrected chi connectivity index (χ0v) is 12.3. The maximum Gasteiger partial charge on any atom is 0.226 e. The Labute approximate surface area is 119 Å². The topological polar surface area (TPSA) is 38.3 Å². The fourth-order valence-electron chi connectivity index (χ4n) is 2.39. The summed E-state index contributed by atoms with van der Waals surface area (Å²) in [6.45, 7) is 3.27. The second-order valence-electron chi connectivity index (χ2n) is 4.94. The van der Waals surface area contributed by atoms with E-state index < -0.39 is 0 Å². The maximum atomic E-state index is 12.0. The minimum atomic E-state index is 0.00869. The second kappa shape index (κ2) is 6.96. The summed E-state index contributed by atoms with van der Waals surface area (Å²) in [5, 5.41) is 3.01.